The van der Waals surface area contributed by atoms with Crippen LogP contribution in [-0.4, -0.2) is 0 Å². The molecule has 3 heteroatoms. The van der Waals surface area contributed by atoms with Crippen LogP contribution in [-0.2, 0) is 0 Å². The largest absolute Gasteiger partial charge is 1.00 e. The summed E-state index contributed by atoms with van der Waals surface area (Å²) in [5.74, 6) is 0. The van der Waals surface area contributed by atoms with Gasteiger partial charge in [0, 0.05) is 25.1 Å². The average Bonchev–Trinajstić information content (AvgIpc) is 2.23. The first kappa shape index (κ1) is 11.7. The van der Waals surface area contributed by atoms with Crippen molar-refractivity contribution in [2.24, 2.45) is 0 Å². The van der Waals surface area contributed by atoms with Gasteiger partial charge in [-0.05, 0) is 6.07 Å². The van der Waals surface area contributed by atoms with Crippen molar-refractivity contribution in [3.63, 3.8) is 0 Å². The summed E-state index contributed by atoms with van der Waals surface area (Å²) >= 11 is 0. The van der Waals surface area contributed by atoms with Crippen LogP contribution >= 0.6 is 0 Å². The number of nitrogens with two attached hydrogens (primary N) is 1. The van der Waals surface area contributed by atoms with Gasteiger partial charge in [-0.2, -0.15) is 4.57 Å². The maximum Gasteiger partial charge on any atom is 0.210 e. The van der Waals surface area contributed by atoms with E-state index in [1.807, 2.05) is 43.5 Å². The maximum atomic E-state index is 5.84. The highest BCUT2D eigenvalue weighted by molar-refractivity contribution is 5.39. The third kappa shape index (κ3) is 2.36. The second-order valence-corrected chi connectivity index (χ2v) is 3.25. The molecule has 0 atom stereocenters. The van der Waals surface area contributed by atoms with Crippen LogP contribution in [0.5, 0.6) is 0 Å². The number of benzene rings is 1. The second kappa shape index (κ2) is 4.94. The zero-order valence-electron chi connectivity index (χ0n) is 8.52. The van der Waals surface area contributed by atoms with E-state index in [-0.39, 0.29) is 17.0 Å². The first-order valence-electron chi connectivity index (χ1n) is 4.61. The zero-order valence-corrected chi connectivity index (χ0v) is 10.1. The lowest BCUT2D eigenvalue weighted by atomic mass is 10.2. The van der Waals surface area contributed by atoms with Crippen molar-refractivity contribution in [1.82, 2.24) is 0 Å². The summed E-state index contributed by atoms with van der Waals surface area (Å²) in [7, 11) is 0. The summed E-state index contributed by atoms with van der Waals surface area (Å²) in [6.45, 7) is 2.02. The van der Waals surface area contributed by atoms with Crippen molar-refractivity contribution < 1.29 is 21.5 Å². The lowest BCUT2D eigenvalue weighted by molar-refractivity contribution is -0.601. The number of anilines is 1. The average molecular weight is 265 g/mol. The molecule has 0 bridgehead atoms. The summed E-state index contributed by atoms with van der Waals surface area (Å²) in [5.41, 5.74) is 8.86. The summed E-state index contributed by atoms with van der Waals surface area (Å²) in [5, 5.41) is 0. The number of hydrogen-bond acceptors (Lipinski definition) is 1. The van der Waals surface area contributed by atoms with E-state index in [4.69, 9.17) is 5.73 Å². The molecule has 0 spiro atoms. The third-order valence-electron chi connectivity index (χ3n) is 2.32. The standard InChI is InChI=1S/C12H13N2.BrH/c1-10-12(13)8-5-9-14(10)11-6-3-2-4-7-11;/h2-9H,13H2,1H3;1H/q+1;/p-1. The number of hydrogen-bond donors (Lipinski definition) is 1. The van der Waals surface area contributed by atoms with E-state index < -0.39 is 0 Å². The summed E-state index contributed by atoms with van der Waals surface area (Å²) in [6.07, 6.45) is 2.01. The van der Waals surface area contributed by atoms with Gasteiger partial charge < -0.3 is 22.7 Å². The topological polar surface area (TPSA) is 29.9 Å². The lowest BCUT2D eigenvalue weighted by Crippen LogP contribution is -3.00. The van der Waals surface area contributed by atoms with Gasteiger partial charge >= 0.3 is 0 Å². The Balaban J connectivity index is 0.00000112. The van der Waals surface area contributed by atoms with Crippen molar-refractivity contribution >= 4 is 5.69 Å². The smallest absolute Gasteiger partial charge is 0.210 e. The SMILES string of the molecule is Cc1c(N)ccc[n+]1-c1ccccc1.[Br-]. The highest BCUT2D eigenvalue weighted by atomic mass is 79.9. The molecular weight excluding hydrogens is 252 g/mol. The van der Waals surface area contributed by atoms with E-state index in [2.05, 4.69) is 16.7 Å². The number of pyridine rings is 1. The van der Waals surface area contributed by atoms with Gasteiger partial charge in [0.25, 0.3) is 0 Å². The normalized spacial score (nSPS) is 9.40. The van der Waals surface area contributed by atoms with E-state index >= 15 is 0 Å². The van der Waals surface area contributed by atoms with Gasteiger partial charge in [0.2, 0.25) is 11.4 Å². The first-order chi connectivity index (χ1) is 6.79. The van der Waals surface area contributed by atoms with Gasteiger partial charge in [-0.25, -0.2) is 0 Å². The van der Waals surface area contributed by atoms with Crippen molar-refractivity contribution in [3.05, 3.63) is 54.4 Å². The monoisotopic (exact) mass is 264 g/mol. The molecular formula is C12H13BrN2. The molecule has 2 aromatic rings. The van der Waals surface area contributed by atoms with E-state index in [1.54, 1.807) is 0 Å². The number of nitrogen functional groups attached to an aromatic ring is 1. The number of nitrogens with zero attached hydrogens (tertiary/aromatic N) is 1. The van der Waals surface area contributed by atoms with Gasteiger partial charge in [-0.3, -0.25) is 0 Å². The van der Waals surface area contributed by atoms with Crippen LogP contribution in [0.1, 0.15) is 5.69 Å². The molecule has 78 valence electrons. The molecule has 0 saturated carbocycles. The van der Waals surface area contributed by atoms with E-state index in [1.165, 1.54) is 0 Å². The molecule has 1 aromatic heterocycles. The minimum absolute atomic E-state index is 0. The molecule has 0 saturated heterocycles. The number of halogens is 1. The Hall–Kier alpha value is -1.35. The predicted molar refractivity (Wildman–Crippen MR) is 57.1 cm³/mol. The minimum Gasteiger partial charge on any atom is -1.00 e. The Morgan fingerprint density at radius 3 is 2.33 bits per heavy atom. The van der Waals surface area contributed by atoms with Gasteiger partial charge in [-0.1, -0.05) is 18.2 Å². The molecule has 0 aliphatic heterocycles. The van der Waals surface area contributed by atoms with Gasteiger partial charge in [0.05, 0.1) is 5.69 Å². The fourth-order valence-corrected chi connectivity index (χ4v) is 1.47. The summed E-state index contributed by atoms with van der Waals surface area (Å²) in [4.78, 5) is 0. The lowest BCUT2D eigenvalue weighted by Gasteiger charge is -2.00. The van der Waals surface area contributed by atoms with Crippen molar-refractivity contribution in [3.8, 4) is 5.69 Å². The van der Waals surface area contributed by atoms with Crippen LogP contribution in [0.15, 0.2) is 48.7 Å². The molecule has 0 aliphatic carbocycles. The van der Waals surface area contributed by atoms with Crippen LogP contribution in [0.25, 0.3) is 5.69 Å². The third-order valence-corrected chi connectivity index (χ3v) is 2.32. The van der Waals surface area contributed by atoms with E-state index in [0.717, 1.165) is 17.1 Å². The van der Waals surface area contributed by atoms with Gasteiger partial charge in [-0.15, -0.1) is 0 Å². The van der Waals surface area contributed by atoms with Crippen LogP contribution < -0.4 is 27.3 Å². The van der Waals surface area contributed by atoms with Gasteiger partial charge in [0.1, 0.15) is 0 Å². The number of rotatable bonds is 1. The van der Waals surface area contributed by atoms with Crippen molar-refractivity contribution in [2.45, 2.75) is 6.92 Å². The minimum atomic E-state index is 0. The molecule has 0 aliphatic rings. The molecule has 15 heavy (non-hydrogen) atoms. The Labute approximate surface area is 100 Å². The summed E-state index contributed by atoms with van der Waals surface area (Å²) in [6, 6.07) is 14.0. The molecule has 0 unspecified atom stereocenters. The maximum absolute atomic E-state index is 5.84. The van der Waals surface area contributed by atoms with Crippen LogP contribution in [0.2, 0.25) is 0 Å². The van der Waals surface area contributed by atoms with E-state index in [9.17, 15) is 0 Å². The number of para-hydroxylation sites is 1. The van der Waals surface area contributed by atoms with Crippen LogP contribution in [0, 0.1) is 6.92 Å². The molecule has 0 fully saturated rings. The quantitative estimate of drug-likeness (QED) is 0.649. The zero-order chi connectivity index (χ0) is 9.97. The van der Waals surface area contributed by atoms with Crippen molar-refractivity contribution in [2.75, 3.05) is 5.73 Å². The molecule has 2 N–H and O–H groups in total. The highest BCUT2D eigenvalue weighted by Crippen LogP contribution is 2.06. The number of aromatic nitrogens is 1. The molecule has 1 heterocycles. The van der Waals surface area contributed by atoms with Gasteiger partial charge in [0.15, 0.2) is 6.20 Å². The second-order valence-electron chi connectivity index (χ2n) is 3.25. The Morgan fingerprint density at radius 1 is 1.00 bits per heavy atom. The Bertz CT molecular complexity index is 441. The fourth-order valence-electron chi connectivity index (χ4n) is 1.47. The van der Waals surface area contributed by atoms with Crippen LogP contribution in [0.4, 0.5) is 5.69 Å². The van der Waals surface area contributed by atoms with E-state index in [0.29, 0.717) is 0 Å². The molecule has 2 nitrogen and oxygen atoms in total. The Kier molecular flexibility index (Phi) is 3.86. The van der Waals surface area contributed by atoms with Crippen molar-refractivity contribution in [1.29, 1.82) is 0 Å². The first-order valence-corrected chi connectivity index (χ1v) is 4.61. The predicted octanol–water partition coefficient (Wildman–Crippen LogP) is -1.14. The fraction of sp³-hybridized carbons (Fsp3) is 0.0833. The molecule has 1 aromatic carbocycles. The molecule has 0 radical (unpaired) electrons. The molecule has 0 amide bonds. The Morgan fingerprint density at radius 2 is 1.67 bits per heavy atom. The molecule has 2 rings (SSSR count). The highest BCUT2D eigenvalue weighted by Gasteiger charge is 2.10. The summed E-state index contributed by atoms with van der Waals surface area (Å²) < 4.78 is 2.08. The van der Waals surface area contributed by atoms with Crippen LogP contribution in [0.3, 0.4) is 0 Å².